The molecule has 1 aliphatic rings. The van der Waals surface area contributed by atoms with Crippen LogP contribution in [0.3, 0.4) is 0 Å². The number of carboxylic acid groups (broad SMARTS) is 1. The van der Waals surface area contributed by atoms with Crippen molar-refractivity contribution in [3.63, 3.8) is 0 Å². The summed E-state index contributed by atoms with van der Waals surface area (Å²) in [5.74, 6) is -0.798. The molecule has 0 saturated heterocycles. The highest BCUT2D eigenvalue weighted by molar-refractivity contribution is 5.82. The number of aromatic nitrogens is 1. The van der Waals surface area contributed by atoms with E-state index in [9.17, 15) is 9.90 Å². The third-order valence-electron chi connectivity index (χ3n) is 6.80. The molecule has 0 atom stereocenters. The molecular weight excluding hydrogens is 444 g/mol. The first kappa shape index (κ1) is 21.9. The minimum atomic E-state index is -0.798. The first-order valence-corrected chi connectivity index (χ1v) is 12.2. The zero-order chi connectivity index (χ0) is 24.5. The third-order valence-corrected chi connectivity index (χ3v) is 6.80. The summed E-state index contributed by atoms with van der Waals surface area (Å²) in [6.45, 7) is 0.704. The minimum absolute atomic E-state index is 0.0501. The van der Waals surface area contributed by atoms with Gasteiger partial charge >= 0.3 is 5.97 Å². The highest BCUT2D eigenvalue weighted by Crippen LogP contribution is 2.35. The lowest BCUT2D eigenvalue weighted by Crippen LogP contribution is -2.22. The number of para-hydroxylation sites is 1. The van der Waals surface area contributed by atoms with Crippen molar-refractivity contribution in [1.82, 2.24) is 4.57 Å². The summed E-state index contributed by atoms with van der Waals surface area (Å²) in [7, 11) is 0. The van der Waals surface area contributed by atoms with Crippen LogP contribution in [-0.4, -0.2) is 15.6 Å². The Morgan fingerprint density at radius 1 is 0.806 bits per heavy atom. The second kappa shape index (κ2) is 9.23. The number of aliphatic carboxylic acids is 1. The van der Waals surface area contributed by atoms with Gasteiger partial charge in [0.25, 0.3) is 0 Å². The topological polar surface area (TPSA) is 45.5 Å². The average Bonchev–Trinajstić information content (AvgIpc) is 3.33. The Hall–Kier alpha value is -4.57. The lowest BCUT2D eigenvalue weighted by molar-refractivity contribution is -0.136. The quantitative estimate of drug-likeness (QED) is 0.285. The normalized spacial score (nSPS) is 12.9. The predicted molar refractivity (Wildman–Crippen MR) is 145 cm³/mol. The van der Waals surface area contributed by atoms with Crippen molar-refractivity contribution in [3.8, 4) is 16.8 Å². The number of hydrogen-bond donors (Lipinski definition) is 1. The molecule has 0 bridgehead atoms. The first-order chi connectivity index (χ1) is 17.6. The molecule has 0 saturated carbocycles. The molecule has 6 rings (SSSR count). The third kappa shape index (κ3) is 4.29. The van der Waals surface area contributed by atoms with E-state index in [-0.39, 0.29) is 6.42 Å². The predicted octanol–water partition coefficient (Wildman–Crippen LogP) is 7.22. The molecule has 1 N–H and O–H groups in total. The van der Waals surface area contributed by atoms with Gasteiger partial charge in [0.15, 0.2) is 0 Å². The molecule has 2 heterocycles. The van der Waals surface area contributed by atoms with Gasteiger partial charge in [-0.1, -0.05) is 66.7 Å². The molecular formula is C32H26N2O2. The summed E-state index contributed by atoms with van der Waals surface area (Å²) in [6, 6.07) is 35.9. The zero-order valence-electron chi connectivity index (χ0n) is 19.8. The van der Waals surface area contributed by atoms with Gasteiger partial charge in [-0.2, -0.15) is 0 Å². The standard InChI is InChI=1S/C32H26N2O2/c35-32(36)19-24-18-28-20-27(12-15-30(28)33(22-24)21-23-6-2-1-3-7-23)25-10-13-29(14-11-25)34-17-16-26-8-4-5-9-31(26)34/h1-17,20,22H,18-19,21H2,(H,35,36). The van der Waals surface area contributed by atoms with Crippen molar-refractivity contribution in [1.29, 1.82) is 0 Å². The molecule has 4 aromatic carbocycles. The molecule has 0 fully saturated rings. The van der Waals surface area contributed by atoms with Crippen molar-refractivity contribution in [2.75, 3.05) is 4.90 Å². The van der Waals surface area contributed by atoms with Gasteiger partial charge in [0.1, 0.15) is 0 Å². The lowest BCUT2D eigenvalue weighted by Gasteiger charge is -2.30. The molecule has 1 aromatic heterocycles. The van der Waals surface area contributed by atoms with Crippen LogP contribution >= 0.6 is 0 Å². The number of hydrogen-bond acceptors (Lipinski definition) is 2. The van der Waals surface area contributed by atoms with E-state index < -0.39 is 5.97 Å². The fraction of sp³-hybridized carbons (Fsp3) is 0.0938. The average molecular weight is 471 g/mol. The monoisotopic (exact) mass is 470 g/mol. The van der Waals surface area contributed by atoms with Crippen LogP contribution in [0.1, 0.15) is 17.5 Å². The molecule has 176 valence electrons. The van der Waals surface area contributed by atoms with Crippen molar-refractivity contribution in [2.24, 2.45) is 0 Å². The van der Waals surface area contributed by atoms with Gasteiger partial charge < -0.3 is 14.6 Å². The maximum atomic E-state index is 11.5. The minimum Gasteiger partial charge on any atom is -0.481 e. The molecule has 0 aliphatic carbocycles. The molecule has 36 heavy (non-hydrogen) atoms. The van der Waals surface area contributed by atoms with Gasteiger partial charge in [-0.15, -0.1) is 0 Å². The smallest absolute Gasteiger partial charge is 0.307 e. The van der Waals surface area contributed by atoms with Crippen molar-refractivity contribution < 1.29 is 9.90 Å². The first-order valence-electron chi connectivity index (χ1n) is 12.2. The molecule has 5 aromatic rings. The van der Waals surface area contributed by atoms with Crippen LogP contribution in [0.4, 0.5) is 5.69 Å². The van der Waals surface area contributed by atoms with Gasteiger partial charge in [0.2, 0.25) is 0 Å². The number of carbonyl (C=O) groups is 1. The van der Waals surface area contributed by atoms with Gasteiger partial charge in [-0.05, 0) is 76.0 Å². The Labute approximate surface area is 210 Å². The van der Waals surface area contributed by atoms with Crippen LogP contribution in [0.15, 0.2) is 121 Å². The van der Waals surface area contributed by atoms with Crippen LogP contribution in [-0.2, 0) is 17.8 Å². The maximum Gasteiger partial charge on any atom is 0.307 e. The highest BCUT2D eigenvalue weighted by Gasteiger charge is 2.20. The molecule has 0 spiro atoms. The fourth-order valence-corrected chi connectivity index (χ4v) is 5.10. The maximum absolute atomic E-state index is 11.5. The lowest BCUT2D eigenvalue weighted by atomic mass is 9.93. The Morgan fingerprint density at radius 2 is 1.56 bits per heavy atom. The summed E-state index contributed by atoms with van der Waals surface area (Å²) < 4.78 is 2.20. The second-order valence-electron chi connectivity index (χ2n) is 9.28. The van der Waals surface area contributed by atoms with E-state index in [1.54, 1.807) is 0 Å². The van der Waals surface area contributed by atoms with Crippen LogP contribution in [0.5, 0.6) is 0 Å². The SMILES string of the molecule is O=C(O)CC1=CN(Cc2ccccc2)c2ccc(-c3ccc(-n4ccc5ccccc54)cc3)cc2C1. The summed E-state index contributed by atoms with van der Waals surface area (Å²) in [4.78, 5) is 13.7. The van der Waals surface area contributed by atoms with Crippen molar-refractivity contribution in [2.45, 2.75) is 19.4 Å². The second-order valence-corrected chi connectivity index (χ2v) is 9.28. The van der Waals surface area contributed by atoms with Gasteiger partial charge in [0, 0.05) is 30.3 Å². The number of benzene rings is 4. The number of nitrogens with zero attached hydrogens (tertiary/aromatic N) is 2. The summed E-state index contributed by atoms with van der Waals surface area (Å²) in [5, 5.41) is 10.7. The van der Waals surface area contributed by atoms with Crippen molar-refractivity contribution >= 4 is 22.6 Å². The van der Waals surface area contributed by atoms with Crippen molar-refractivity contribution in [3.05, 3.63) is 132 Å². The number of fused-ring (bicyclic) bond motifs is 2. The summed E-state index contributed by atoms with van der Waals surface area (Å²) >= 11 is 0. The Bertz CT molecular complexity index is 1580. The van der Waals surface area contributed by atoms with Crippen LogP contribution in [0, 0.1) is 0 Å². The fourth-order valence-electron chi connectivity index (χ4n) is 5.10. The molecule has 4 heteroatoms. The molecule has 4 nitrogen and oxygen atoms in total. The largest absolute Gasteiger partial charge is 0.481 e. The summed E-state index contributed by atoms with van der Waals surface area (Å²) in [6.07, 6.45) is 4.82. The van der Waals surface area contributed by atoms with E-state index >= 15 is 0 Å². The molecule has 0 unspecified atom stereocenters. The number of rotatable bonds is 6. The van der Waals surface area contributed by atoms with Crippen LogP contribution < -0.4 is 4.90 Å². The van der Waals surface area contributed by atoms with E-state index in [0.29, 0.717) is 13.0 Å². The Morgan fingerprint density at radius 3 is 2.36 bits per heavy atom. The Balaban J connectivity index is 1.32. The van der Waals surface area contributed by atoms with E-state index in [2.05, 4.69) is 101 Å². The Kier molecular flexibility index (Phi) is 5.62. The van der Waals surface area contributed by atoms with Gasteiger partial charge in [-0.3, -0.25) is 4.79 Å². The van der Waals surface area contributed by atoms with E-state index in [4.69, 9.17) is 0 Å². The highest BCUT2D eigenvalue weighted by atomic mass is 16.4. The summed E-state index contributed by atoms with van der Waals surface area (Å²) in [5.41, 5.74) is 8.98. The number of anilines is 1. The van der Waals surface area contributed by atoms with Gasteiger partial charge in [-0.25, -0.2) is 0 Å². The van der Waals surface area contributed by atoms with E-state index in [0.717, 1.165) is 33.6 Å². The van der Waals surface area contributed by atoms with Gasteiger partial charge in [0.05, 0.1) is 11.9 Å². The number of carboxylic acids is 1. The molecule has 0 amide bonds. The molecule has 0 radical (unpaired) electrons. The van der Waals surface area contributed by atoms with Crippen LogP contribution in [0.2, 0.25) is 0 Å². The van der Waals surface area contributed by atoms with Crippen LogP contribution in [0.25, 0.3) is 27.7 Å². The van der Waals surface area contributed by atoms with E-state index in [1.807, 2.05) is 24.4 Å². The van der Waals surface area contributed by atoms with E-state index in [1.165, 1.54) is 16.5 Å². The zero-order valence-corrected chi connectivity index (χ0v) is 19.8. The molecule has 1 aliphatic heterocycles.